The molecule has 2 aliphatic rings. The zero-order chi connectivity index (χ0) is 15.3. The molecule has 22 heavy (non-hydrogen) atoms. The molecule has 1 atom stereocenters. The number of amides is 1. The second-order valence-electron chi connectivity index (χ2n) is 7.24. The lowest BCUT2D eigenvalue weighted by Gasteiger charge is -2.40. The van der Waals surface area contributed by atoms with Crippen LogP contribution in [0, 0.1) is 0 Å². The van der Waals surface area contributed by atoms with Crippen molar-refractivity contribution in [3.05, 3.63) is 0 Å². The third-order valence-electron chi connectivity index (χ3n) is 5.24. The first-order chi connectivity index (χ1) is 10.0. The fraction of sp³-hybridized carbons (Fsp3) is 0.941. The maximum Gasteiger partial charge on any atom is 0.240 e. The van der Waals surface area contributed by atoms with Crippen molar-refractivity contribution in [2.45, 2.75) is 89.3 Å². The van der Waals surface area contributed by atoms with Crippen molar-refractivity contribution in [2.24, 2.45) is 5.73 Å². The normalized spacial score (nSPS) is 24.3. The number of nitrogens with one attached hydrogen (secondary N) is 1. The Morgan fingerprint density at radius 3 is 2.32 bits per heavy atom. The topological polar surface area (TPSA) is 58.4 Å². The Morgan fingerprint density at radius 2 is 1.77 bits per heavy atom. The second kappa shape index (κ2) is 9.09. The van der Waals surface area contributed by atoms with Crippen LogP contribution in [0.25, 0.3) is 0 Å². The SMILES string of the molecule is CCCC(C)(N)C(=O)NC1CCN(C2CCCCC2)CC1.Cl. The molecule has 0 radical (unpaired) electrons. The molecule has 0 spiro atoms. The summed E-state index contributed by atoms with van der Waals surface area (Å²) in [5.74, 6) is 0.0282. The number of carbonyl (C=O) groups is 1. The average molecular weight is 332 g/mol. The molecule has 130 valence electrons. The zero-order valence-electron chi connectivity index (χ0n) is 14.3. The Morgan fingerprint density at radius 1 is 1.18 bits per heavy atom. The van der Waals surface area contributed by atoms with Crippen molar-refractivity contribution in [3.63, 3.8) is 0 Å². The Labute approximate surface area is 142 Å². The minimum Gasteiger partial charge on any atom is -0.352 e. The van der Waals surface area contributed by atoms with Crippen LogP contribution in [-0.2, 0) is 4.79 Å². The predicted molar refractivity (Wildman–Crippen MR) is 94.4 cm³/mol. The molecule has 1 saturated carbocycles. The summed E-state index contributed by atoms with van der Waals surface area (Å²) in [5.41, 5.74) is 5.40. The van der Waals surface area contributed by atoms with E-state index in [1.54, 1.807) is 0 Å². The van der Waals surface area contributed by atoms with Crippen LogP contribution >= 0.6 is 12.4 Å². The number of rotatable bonds is 5. The molecule has 2 rings (SSSR count). The number of nitrogens with zero attached hydrogens (tertiary/aromatic N) is 1. The van der Waals surface area contributed by atoms with E-state index in [2.05, 4.69) is 17.1 Å². The molecular weight excluding hydrogens is 298 g/mol. The first-order valence-electron chi connectivity index (χ1n) is 8.87. The van der Waals surface area contributed by atoms with E-state index in [0.717, 1.165) is 44.8 Å². The molecule has 0 aromatic heterocycles. The summed E-state index contributed by atoms with van der Waals surface area (Å²) < 4.78 is 0. The number of hydrogen-bond acceptors (Lipinski definition) is 3. The van der Waals surface area contributed by atoms with Crippen LogP contribution in [0.15, 0.2) is 0 Å². The van der Waals surface area contributed by atoms with Crippen LogP contribution in [0.3, 0.4) is 0 Å². The Balaban J connectivity index is 0.00000242. The molecule has 1 unspecified atom stereocenters. The highest BCUT2D eigenvalue weighted by molar-refractivity contribution is 5.86. The minimum absolute atomic E-state index is 0. The molecule has 1 saturated heterocycles. The molecule has 1 aliphatic heterocycles. The number of halogens is 1. The minimum atomic E-state index is -0.713. The van der Waals surface area contributed by atoms with Crippen molar-refractivity contribution in [1.82, 2.24) is 10.2 Å². The van der Waals surface area contributed by atoms with Gasteiger partial charge in [0.15, 0.2) is 0 Å². The standard InChI is InChI=1S/C17H33N3O.ClH/c1-3-11-17(2,18)16(21)19-14-9-12-20(13-10-14)15-7-5-4-6-8-15;/h14-15H,3-13,18H2,1-2H3,(H,19,21);1H. The quantitative estimate of drug-likeness (QED) is 0.814. The van der Waals surface area contributed by atoms with Gasteiger partial charge >= 0.3 is 0 Å². The number of hydrogen-bond donors (Lipinski definition) is 2. The van der Waals surface area contributed by atoms with Gasteiger partial charge in [-0.25, -0.2) is 0 Å². The first-order valence-corrected chi connectivity index (χ1v) is 8.87. The van der Waals surface area contributed by atoms with Crippen molar-refractivity contribution < 1.29 is 4.79 Å². The number of carbonyl (C=O) groups excluding carboxylic acids is 1. The summed E-state index contributed by atoms with van der Waals surface area (Å²) in [6.07, 6.45) is 10.8. The molecule has 1 amide bonds. The van der Waals surface area contributed by atoms with Gasteiger partial charge in [0.2, 0.25) is 5.91 Å². The van der Waals surface area contributed by atoms with Gasteiger partial charge in [-0.2, -0.15) is 0 Å². The summed E-state index contributed by atoms with van der Waals surface area (Å²) >= 11 is 0. The van der Waals surface area contributed by atoms with E-state index in [-0.39, 0.29) is 18.3 Å². The van der Waals surface area contributed by atoms with Crippen molar-refractivity contribution in [3.8, 4) is 0 Å². The summed E-state index contributed by atoms with van der Waals surface area (Å²) in [7, 11) is 0. The zero-order valence-corrected chi connectivity index (χ0v) is 15.1. The lowest BCUT2D eigenvalue weighted by Crippen LogP contribution is -2.56. The summed E-state index contributed by atoms with van der Waals surface area (Å²) in [5, 5.41) is 3.18. The number of nitrogens with two attached hydrogens (primary N) is 1. The highest BCUT2D eigenvalue weighted by Gasteiger charge is 2.31. The number of piperidine rings is 1. The van der Waals surface area contributed by atoms with Gasteiger partial charge in [-0.15, -0.1) is 12.4 Å². The first kappa shape index (κ1) is 19.7. The molecule has 5 heteroatoms. The van der Waals surface area contributed by atoms with Crippen molar-refractivity contribution in [2.75, 3.05) is 13.1 Å². The molecule has 1 aliphatic carbocycles. The molecule has 2 fully saturated rings. The molecule has 3 N–H and O–H groups in total. The smallest absolute Gasteiger partial charge is 0.240 e. The van der Waals surface area contributed by atoms with Gasteiger partial charge in [-0.05, 0) is 39.0 Å². The molecule has 1 heterocycles. The van der Waals surface area contributed by atoms with Crippen molar-refractivity contribution >= 4 is 18.3 Å². The molecule has 0 aromatic rings. The van der Waals surface area contributed by atoms with Crippen LogP contribution in [0.4, 0.5) is 0 Å². The molecule has 0 bridgehead atoms. The predicted octanol–water partition coefficient (Wildman–Crippen LogP) is 2.84. The Kier molecular flexibility index (Phi) is 8.15. The van der Waals surface area contributed by atoms with Crippen LogP contribution in [0.5, 0.6) is 0 Å². The van der Waals surface area contributed by atoms with E-state index in [1.807, 2.05) is 6.92 Å². The molecule has 4 nitrogen and oxygen atoms in total. The molecule has 0 aromatic carbocycles. The second-order valence-corrected chi connectivity index (χ2v) is 7.24. The lowest BCUT2D eigenvalue weighted by molar-refractivity contribution is -0.127. The number of likely N-dealkylation sites (tertiary alicyclic amines) is 1. The van der Waals surface area contributed by atoms with Crippen LogP contribution in [0.1, 0.15) is 71.6 Å². The third kappa shape index (κ3) is 5.39. The fourth-order valence-electron chi connectivity index (χ4n) is 3.84. The van der Waals surface area contributed by atoms with Gasteiger partial charge in [-0.3, -0.25) is 4.79 Å². The molecular formula is C17H34ClN3O. The van der Waals surface area contributed by atoms with Gasteiger partial charge in [0.1, 0.15) is 0 Å². The van der Waals surface area contributed by atoms with Crippen LogP contribution < -0.4 is 11.1 Å². The third-order valence-corrected chi connectivity index (χ3v) is 5.24. The van der Waals surface area contributed by atoms with E-state index >= 15 is 0 Å². The average Bonchev–Trinajstić information content (AvgIpc) is 2.49. The Bertz CT molecular complexity index is 335. The van der Waals surface area contributed by atoms with E-state index in [0.29, 0.717) is 6.04 Å². The van der Waals surface area contributed by atoms with E-state index in [9.17, 15) is 4.79 Å². The van der Waals surface area contributed by atoms with Gasteiger partial charge < -0.3 is 16.0 Å². The summed E-state index contributed by atoms with van der Waals surface area (Å²) in [6, 6.07) is 1.12. The largest absolute Gasteiger partial charge is 0.352 e. The van der Waals surface area contributed by atoms with Gasteiger partial charge in [0.05, 0.1) is 5.54 Å². The lowest BCUT2D eigenvalue weighted by atomic mass is 9.91. The van der Waals surface area contributed by atoms with Gasteiger partial charge in [0.25, 0.3) is 0 Å². The van der Waals surface area contributed by atoms with Crippen LogP contribution in [0.2, 0.25) is 0 Å². The van der Waals surface area contributed by atoms with E-state index in [1.165, 1.54) is 32.1 Å². The van der Waals surface area contributed by atoms with E-state index in [4.69, 9.17) is 5.73 Å². The monoisotopic (exact) mass is 331 g/mol. The fourth-order valence-corrected chi connectivity index (χ4v) is 3.84. The highest BCUT2D eigenvalue weighted by atomic mass is 35.5. The van der Waals surface area contributed by atoms with Gasteiger partial charge in [0, 0.05) is 25.2 Å². The van der Waals surface area contributed by atoms with Crippen LogP contribution in [-0.4, -0.2) is 41.5 Å². The maximum absolute atomic E-state index is 12.3. The van der Waals surface area contributed by atoms with E-state index < -0.39 is 5.54 Å². The Hall–Kier alpha value is -0.320. The summed E-state index contributed by atoms with van der Waals surface area (Å²) in [6.45, 7) is 6.18. The van der Waals surface area contributed by atoms with Gasteiger partial charge in [-0.1, -0.05) is 32.6 Å². The maximum atomic E-state index is 12.3. The summed E-state index contributed by atoms with van der Waals surface area (Å²) in [4.78, 5) is 14.9. The highest BCUT2D eigenvalue weighted by Crippen LogP contribution is 2.25. The van der Waals surface area contributed by atoms with Crippen molar-refractivity contribution in [1.29, 1.82) is 0 Å².